The number of nitrogens with zero attached hydrogens (tertiary/aromatic N) is 1. The maximum absolute atomic E-state index is 12.5. The van der Waals surface area contributed by atoms with Crippen LogP contribution < -0.4 is 15.4 Å². The summed E-state index contributed by atoms with van der Waals surface area (Å²) in [5.41, 5.74) is 1.16. The summed E-state index contributed by atoms with van der Waals surface area (Å²) < 4.78 is 5.34. The Kier molecular flexibility index (Phi) is 7.08. The summed E-state index contributed by atoms with van der Waals surface area (Å²) in [6, 6.07) is 5.24. The van der Waals surface area contributed by atoms with E-state index in [-0.39, 0.29) is 30.1 Å². The quantitative estimate of drug-likeness (QED) is 0.856. The molecule has 0 saturated carbocycles. The summed E-state index contributed by atoms with van der Waals surface area (Å²) in [5, 5.41) is 6.19. The molecular weight excluding hydrogens is 342 g/mol. The van der Waals surface area contributed by atoms with Gasteiger partial charge < -0.3 is 20.3 Å². The van der Waals surface area contributed by atoms with E-state index in [0.29, 0.717) is 23.5 Å². The van der Waals surface area contributed by atoms with Gasteiger partial charge >= 0.3 is 0 Å². The number of benzene rings is 1. The number of amides is 2. The lowest BCUT2D eigenvalue weighted by Gasteiger charge is -2.23. The predicted molar refractivity (Wildman–Crippen MR) is 99.6 cm³/mol. The zero-order chi connectivity index (χ0) is 16.9. The molecule has 25 heavy (non-hydrogen) atoms. The molecule has 1 aromatic carbocycles. The first-order valence-electron chi connectivity index (χ1n) is 8.68. The van der Waals surface area contributed by atoms with Crippen molar-refractivity contribution in [2.24, 2.45) is 5.92 Å². The molecular formula is C18H26ClN3O3. The number of nitrogens with one attached hydrogen (secondary N) is 2. The molecule has 0 aliphatic carbocycles. The minimum atomic E-state index is -0.0404. The number of carbonyl (C=O) groups is 2. The number of piperidine rings is 1. The van der Waals surface area contributed by atoms with Gasteiger partial charge in [-0.2, -0.15) is 0 Å². The highest BCUT2D eigenvalue weighted by Gasteiger charge is 2.24. The predicted octanol–water partition coefficient (Wildman–Crippen LogP) is 2.29. The molecule has 2 aliphatic rings. The summed E-state index contributed by atoms with van der Waals surface area (Å²) >= 11 is 0. The molecule has 3 rings (SSSR count). The van der Waals surface area contributed by atoms with Crippen LogP contribution in [0.1, 0.15) is 36.0 Å². The number of ether oxygens (including phenoxy) is 1. The molecule has 2 heterocycles. The van der Waals surface area contributed by atoms with Gasteiger partial charge in [0.05, 0.1) is 18.7 Å². The molecule has 0 aromatic heterocycles. The second-order valence-corrected chi connectivity index (χ2v) is 6.45. The van der Waals surface area contributed by atoms with Crippen molar-refractivity contribution in [1.82, 2.24) is 10.2 Å². The minimum Gasteiger partial charge on any atom is -0.495 e. The Labute approximate surface area is 154 Å². The molecule has 1 atom stereocenters. The number of methoxy groups -OCH3 is 1. The number of likely N-dealkylation sites (tertiary alicyclic amines) is 1. The van der Waals surface area contributed by atoms with Crippen LogP contribution >= 0.6 is 12.4 Å². The Balaban J connectivity index is 0.00000225. The number of carbonyl (C=O) groups excluding carboxylic acids is 2. The van der Waals surface area contributed by atoms with Crippen LogP contribution in [0.3, 0.4) is 0 Å². The molecule has 2 N–H and O–H groups in total. The lowest BCUT2D eigenvalue weighted by molar-refractivity contribution is -0.120. The van der Waals surface area contributed by atoms with E-state index < -0.39 is 0 Å². The Bertz CT molecular complexity index is 612. The third-order valence-electron chi connectivity index (χ3n) is 4.77. The third-order valence-corrected chi connectivity index (χ3v) is 4.77. The fourth-order valence-corrected chi connectivity index (χ4v) is 3.35. The molecule has 0 spiro atoms. The molecule has 2 saturated heterocycles. The number of hydrogen-bond acceptors (Lipinski definition) is 4. The number of rotatable bonds is 4. The molecule has 1 aromatic rings. The highest BCUT2D eigenvalue weighted by Crippen LogP contribution is 2.27. The van der Waals surface area contributed by atoms with Crippen molar-refractivity contribution < 1.29 is 14.3 Å². The van der Waals surface area contributed by atoms with E-state index >= 15 is 0 Å². The van der Waals surface area contributed by atoms with Crippen LogP contribution in [0.2, 0.25) is 0 Å². The van der Waals surface area contributed by atoms with Crippen LogP contribution in [0.15, 0.2) is 18.2 Å². The summed E-state index contributed by atoms with van der Waals surface area (Å²) in [4.78, 5) is 26.9. The van der Waals surface area contributed by atoms with E-state index in [1.54, 1.807) is 25.3 Å². The molecule has 7 heteroatoms. The highest BCUT2D eigenvalue weighted by molar-refractivity contribution is 5.99. The monoisotopic (exact) mass is 367 g/mol. The van der Waals surface area contributed by atoms with E-state index in [2.05, 4.69) is 10.6 Å². The first-order valence-corrected chi connectivity index (χ1v) is 8.68. The van der Waals surface area contributed by atoms with Gasteiger partial charge in [-0.15, -0.1) is 12.4 Å². The molecule has 2 aliphatic heterocycles. The summed E-state index contributed by atoms with van der Waals surface area (Å²) in [5.74, 6) is 0.530. The van der Waals surface area contributed by atoms with E-state index in [1.165, 1.54) is 0 Å². The molecule has 2 fully saturated rings. The fraction of sp³-hybridized carbons (Fsp3) is 0.556. The molecule has 1 unspecified atom stereocenters. The van der Waals surface area contributed by atoms with Crippen molar-refractivity contribution in [1.29, 1.82) is 0 Å². The second-order valence-electron chi connectivity index (χ2n) is 6.45. The first-order chi connectivity index (χ1) is 11.7. The molecule has 0 radical (unpaired) electrons. The topological polar surface area (TPSA) is 70.7 Å². The number of hydrogen-bond donors (Lipinski definition) is 2. The molecule has 6 nitrogen and oxygen atoms in total. The van der Waals surface area contributed by atoms with Crippen LogP contribution in [-0.4, -0.2) is 50.0 Å². The van der Waals surface area contributed by atoms with Crippen LogP contribution in [0.25, 0.3) is 0 Å². The third kappa shape index (κ3) is 4.64. The average Bonchev–Trinajstić information content (AvgIpc) is 3.16. The summed E-state index contributed by atoms with van der Waals surface area (Å²) in [6.45, 7) is 3.27. The zero-order valence-corrected chi connectivity index (χ0v) is 15.4. The van der Waals surface area contributed by atoms with Gasteiger partial charge in [-0.25, -0.2) is 0 Å². The maximum atomic E-state index is 12.5. The SMILES string of the molecule is COc1ccc(C(=O)N2CCCC2)cc1NC(=O)C1CCCNC1.Cl. The van der Waals surface area contributed by atoms with Gasteiger partial charge in [0.25, 0.3) is 5.91 Å². The lowest BCUT2D eigenvalue weighted by Crippen LogP contribution is -2.37. The Morgan fingerprint density at radius 2 is 2.00 bits per heavy atom. The highest BCUT2D eigenvalue weighted by atomic mass is 35.5. The Morgan fingerprint density at radius 1 is 1.24 bits per heavy atom. The molecule has 0 bridgehead atoms. The Morgan fingerprint density at radius 3 is 2.64 bits per heavy atom. The van der Waals surface area contributed by atoms with Crippen molar-refractivity contribution in [2.45, 2.75) is 25.7 Å². The van der Waals surface area contributed by atoms with Crippen molar-refractivity contribution in [2.75, 3.05) is 38.6 Å². The van der Waals surface area contributed by atoms with E-state index in [4.69, 9.17) is 4.74 Å². The smallest absolute Gasteiger partial charge is 0.253 e. The second kappa shape index (κ2) is 9.06. The van der Waals surface area contributed by atoms with Crippen LogP contribution in [-0.2, 0) is 4.79 Å². The largest absolute Gasteiger partial charge is 0.495 e. The van der Waals surface area contributed by atoms with Gasteiger partial charge in [0.15, 0.2) is 0 Å². The minimum absolute atomic E-state index is 0. The van der Waals surface area contributed by atoms with Gasteiger partial charge in [0.2, 0.25) is 5.91 Å². The van der Waals surface area contributed by atoms with Crippen LogP contribution in [0.5, 0.6) is 5.75 Å². The number of anilines is 1. The van der Waals surface area contributed by atoms with Gasteiger partial charge in [-0.05, 0) is 50.4 Å². The van der Waals surface area contributed by atoms with Crippen molar-refractivity contribution in [3.05, 3.63) is 23.8 Å². The standard InChI is InChI=1S/C18H25N3O3.ClH/c1-24-16-7-6-13(18(23)21-9-2-3-10-21)11-15(16)20-17(22)14-5-4-8-19-12-14;/h6-7,11,14,19H,2-5,8-10,12H2,1H3,(H,20,22);1H. The Hall–Kier alpha value is -1.79. The maximum Gasteiger partial charge on any atom is 0.253 e. The van der Waals surface area contributed by atoms with E-state index in [1.807, 2.05) is 4.90 Å². The van der Waals surface area contributed by atoms with Crippen molar-refractivity contribution >= 4 is 29.9 Å². The normalized spacial score (nSPS) is 19.9. The fourth-order valence-electron chi connectivity index (χ4n) is 3.35. The number of halogens is 1. The lowest BCUT2D eigenvalue weighted by atomic mass is 9.98. The molecule has 2 amide bonds. The van der Waals surface area contributed by atoms with Gasteiger partial charge in [-0.3, -0.25) is 9.59 Å². The van der Waals surface area contributed by atoms with Gasteiger partial charge in [-0.1, -0.05) is 0 Å². The van der Waals surface area contributed by atoms with E-state index in [9.17, 15) is 9.59 Å². The molecule has 138 valence electrons. The van der Waals surface area contributed by atoms with Crippen molar-refractivity contribution in [3.8, 4) is 5.75 Å². The van der Waals surface area contributed by atoms with Gasteiger partial charge in [0, 0.05) is 25.2 Å². The van der Waals surface area contributed by atoms with Crippen LogP contribution in [0, 0.1) is 5.92 Å². The summed E-state index contributed by atoms with van der Waals surface area (Å²) in [7, 11) is 1.56. The van der Waals surface area contributed by atoms with Crippen molar-refractivity contribution in [3.63, 3.8) is 0 Å². The average molecular weight is 368 g/mol. The summed E-state index contributed by atoms with van der Waals surface area (Å²) in [6.07, 6.45) is 4.00. The van der Waals surface area contributed by atoms with Gasteiger partial charge in [0.1, 0.15) is 5.75 Å². The zero-order valence-electron chi connectivity index (χ0n) is 14.5. The van der Waals surface area contributed by atoms with E-state index in [0.717, 1.165) is 45.3 Å². The first kappa shape index (κ1) is 19.5. The van der Waals surface area contributed by atoms with Crippen LogP contribution in [0.4, 0.5) is 5.69 Å².